The van der Waals surface area contributed by atoms with Crippen molar-refractivity contribution in [1.29, 1.82) is 0 Å². The van der Waals surface area contributed by atoms with Crippen molar-refractivity contribution in [2.75, 3.05) is 27.3 Å². The second kappa shape index (κ2) is 11.1. The number of piperidine rings is 1. The molecule has 0 radical (unpaired) electrons. The summed E-state index contributed by atoms with van der Waals surface area (Å²) in [6, 6.07) is 7.27. The van der Waals surface area contributed by atoms with Crippen molar-refractivity contribution in [3.63, 3.8) is 0 Å². The van der Waals surface area contributed by atoms with Crippen LogP contribution in [0, 0.1) is 0 Å². The molecule has 1 heterocycles. The van der Waals surface area contributed by atoms with E-state index in [1.165, 1.54) is 48.2 Å². The number of ketones is 1. The number of amides is 1. The lowest BCUT2D eigenvalue weighted by Gasteiger charge is -2.29. The first-order valence-electron chi connectivity index (χ1n) is 10.8. The molecule has 0 atom stereocenters. The maximum absolute atomic E-state index is 13.2. The molecule has 38 heavy (non-hydrogen) atoms. The molecule has 1 aliphatic rings. The molecular weight excluding hydrogens is 524 g/mol. The number of rotatable bonds is 6. The van der Waals surface area contributed by atoms with Crippen LogP contribution in [0.15, 0.2) is 47.5 Å². The molecule has 2 aromatic rings. The molecule has 0 aromatic heterocycles. The molecule has 1 aliphatic heterocycles. The molecule has 0 aliphatic carbocycles. The van der Waals surface area contributed by atoms with Crippen LogP contribution in [0.5, 0.6) is 23.0 Å². The van der Waals surface area contributed by atoms with Crippen LogP contribution in [-0.2, 0) is 9.59 Å². The number of ether oxygens (including phenoxy) is 4. The molecule has 0 N–H and O–H groups in total. The van der Waals surface area contributed by atoms with Crippen molar-refractivity contribution in [2.24, 2.45) is 0 Å². The lowest BCUT2D eigenvalue weighted by atomic mass is 9.94. The third-order valence-electron chi connectivity index (χ3n) is 5.26. The predicted molar refractivity (Wildman–Crippen MR) is 123 cm³/mol. The summed E-state index contributed by atoms with van der Waals surface area (Å²) in [7, 11) is 2.32. The van der Waals surface area contributed by atoms with E-state index in [-0.39, 0.29) is 46.9 Å². The summed E-state index contributed by atoms with van der Waals surface area (Å²) in [6.45, 7) is 0.979. The largest absolute Gasteiger partial charge is 0.573 e. The minimum atomic E-state index is -4.99. The molecule has 0 spiro atoms. The van der Waals surface area contributed by atoms with Gasteiger partial charge in [-0.25, -0.2) is 0 Å². The normalized spacial score (nSPS) is 16.6. The quantitative estimate of drug-likeness (QED) is 0.358. The number of Topliss-reactive ketones (excluding diaryl/α,β-unsaturated/α-hetero) is 1. The molecule has 1 saturated heterocycles. The molecular formula is C25H21F6NO6. The lowest BCUT2D eigenvalue weighted by Crippen LogP contribution is -2.40. The van der Waals surface area contributed by atoms with Crippen LogP contribution in [0.3, 0.4) is 0 Å². The average molecular weight is 545 g/mol. The maximum Gasteiger partial charge on any atom is 0.573 e. The van der Waals surface area contributed by atoms with Crippen molar-refractivity contribution in [1.82, 2.24) is 4.90 Å². The van der Waals surface area contributed by atoms with Crippen molar-refractivity contribution < 1.29 is 54.9 Å². The molecule has 0 saturated carbocycles. The Morgan fingerprint density at radius 1 is 0.763 bits per heavy atom. The number of hydrogen-bond acceptors (Lipinski definition) is 6. The molecule has 3 rings (SSSR count). The van der Waals surface area contributed by atoms with Crippen molar-refractivity contribution in [3.05, 3.63) is 58.7 Å². The summed E-state index contributed by atoms with van der Waals surface area (Å²) >= 11 is 0. The van der Waals surface area contributed by atoms with Gasteiger partial charge in [0.05, 0.1) is 14.2 Å². The van der Waals surface area contributed by atoms with Crippen molar-refractivity contribution in [3.8, 4) is 23.0 Å². The summed E-state index contributed by atoms with van der Waals surface area (Å²) in [6.07, 6.45) is -7.40. The molecule has 2 aromatic carbocycles. The first-order chi connectivity index (χ1) is 17.7. The Morgan fingerprint density at radius 2 is 1.16 bits per heavy atom. The topological polar surface area (TPSA) is 74.3 Å². The van der Waals surface area contributed by atoms with Gasteiger partial charge < -0.3 is 23.8 Å². The fourth-order valence-corrected chi connectivity index (χ4v) is 3.64. The van der Waals surface area contributed by atoms with E-state index in [0.717, 1.165) is 26.4 Å². The first kappa shape index (κ1) is 28.4. The molecule has 204 valence electrons. The third-order valence-corrected chi connectivity index (χ3v) is 5.26. The average Bonchev–Trinajstić information content (AvgIpc) is 2.79. The molecule has 1 fully saturated rings. The van der Waals surface area contributed by atoms with Crippen LogP contribution in [0.1, 0.15) is 18.1 Å². The number of carbonyl (C=O) groups is 2. The van der Waals surface area contributed by atoms with Crippen molar-refractivity contribution >= 4 is 23.8 Å². The number of benzene rings is 2. The molecule has 7 nitrogen and oxygen atoms in total. The Labute approximate surface area is 212 Å². The highest BCUT2D eigenvalue weighted by Gasteiger charge is 2.34. The van der Waals surface area contributed by atoms with Gasteiger partial charge in [0.1, 0.15) is 0 Å². The Morgan fingerprint density at radius 3 is 1.47 bits per heavy atom. The fourth-order valence-electron chi connectivity index (χ4n) is 3.64. The number of hydrogen-bond donors (Lipinski definition) is 0. The van der Waals surface area contributed by atoms with Crippen LogP contribution in [0.25, 0.3) is 12.2 Å². The van der Waals surface area contributed by atoms with Gasteiger partial charge in [-0.2, -0.15) is 0 Å². The SMILES string of the molecule is COc1ccc(C=C2CN(C(C)=O)CC(=Cc3ccc(OC)c(OC(F)(F)F)c3)C2=O)cc1OC(F)(F)F. The number of methoxy groups -OCH3 is 2. The summed E-state index contributed by atoms with van der Waals surface area (Å²) < 4.78 is 94.5. The highest BCUT2D eigenvalue weighted by Crippen LogP contribution is 2.35. The zero-order valence-electron chi connectivity index (χ0n) is 20.2. The van der Waals surface area contributed by atoms with E-state index in [2.05, 4.69) is 9.47 Å². The van der Waals surface area contributed by atoms with Gasteiger partial charge in [-0.3, -0.25) is 9.59 Å². The van der Waals surface area contributed by atoms with E-state index < -0.39 is 35.9 Å². The Bertz CT molecular complexity index is 1190. The standard InChI is InChI=1S/C25H21F6NO6/c1-14(33)32-12-17(8-15-4-6-19(35-2)21(10-15)37-24(26,27)28)23(34)18(13-32)9-16-5-7-20(36-3)22(11-16)38-25(29,30)31/h4-11H,12-13H2,1-3H3. The van der Waals surface area contributed by atoms with E-state index in [1.807, 2.05) is 0 Å². The Hall–Kier alpha value is -4.16. The smallest absolute Gasteiger partial charge is 0.493 e. The third kappa shape index (κ3) is 7.43. The minimum Gasteiger partial charge on any atom is -0.493 e. The van der Waals surface area contributed by atoms with E-state index in [0.29, 0.717) is 0 Å². The van der Waals surface area contributed by atoms with Crippen LogP contribution < -0.4 is 18.9 Å². The van der Waals surface area contributed by atoms with Gasteiger partial charge in [-0.15, -0.1) is 26.3 Å². The second-order valence-electron chi connectivity index (χ2n) is 7.96. The molecule has 0 bridgehead atoms. The number of halogens is 6. The number of alkyl halides is 6. The minimum absolute atomic E-state index is 0.0566. The van der Waals surface area contributed by atoms with Gasteiger partial charge in [0.25, 0.3) is 0 Å². The molecule has 13 heteroatoms. The van der Waals surface area contributed by atoms with Gasteiger partial charge in [-0.05, 0) is 47.5 Å². The van der Waals surface area contributed by atoms with Crippen LogP contribution in [0.4, 0.5) is 26.3 Å². The lowest BCUT2D eigenvalue weighted by molar-refractivity contribution is -0.276. The first-order valence-corrected chi connectivity index (χ1v) is 10.8. The summed E-state index contributed by atoms with van der Waals surface area (Å²) in [4.78, 5) is 26.7. The number of nitrogens with zero attached hydrogens (tertiary/aromatic N) is 1. The van der Waals surface area contributed by atoms with E-state index >= 15 is 0 Å². The second-order valence-corrected chi connectivity index (χ2v) is 7.96. The van der Waals surface area contributed by atoms with Gasteiger partial charge >= 0.3 is 12.7 Å². The zero-order chi connectivity index (χ0) is 28.3. The van der Waals surface area contributed by atoms with E-state index in [4.69, 9.17) is 9.47 Å². The van der Waals surface area contributed by atoms with Gasteiger partial charge in [0.2, 0.25) is 5.91 Å². The monoisotopic (exact) mass is 545 g/mol. The highest BCUT2D eigenvalue weighted by molar-refractivity contribution is 6.15. The van der Waals surface area contributed by atoms with Crippen LogP contribution >= 0.6 is 0 Å². The highest BCUT2D eigenvalue weighted by atomic mass is 19.4. The summed E-state index contributed by atoms with van der Waals surface area (Å²) in [5.41, 5.74) is 0.425. The van der Waals surface area contributed by atoms with Gasteiger partial charge in [0, 0.05) is 31.2 Å². The zero-order valence-corrected chi connectivity index (χ0v) is 20.2. The fraction of sp³-hybridized carbons (Fsp3) is 0.280. The maximum atomic E-state index is 13.2. The number of carbonyl (C=O) groups excluding carboxylic acids is 2. The molecule has 0 unspecified atom stereocenters. The van der Waals surface area contributed by atoms with E-state index in [1.54, 1.807) is 0 Å². The Balaban J connectivity index is 2.02. The summed E-state index contributed by atoms with van der Waals surface area (Å²) in [5.74, 6) is -2.60. The molecule has 1 amide bonds. The van der Waals surface area contributed by atoms with E-state index in [9.17, 15) is 35.9 Å². The summed E-state index contributed by atoms with van der Waals surface area (Å²) in [5, 5.41) is 0. The van der Waals surface area contributed by atoms with Gasteiger partial charge in [0.15, 0.2) is 28.8 Å². The van der Waals surface area contributed by atoms with Crippen LogP contribution in [0.2, 0.25) is 0 Å². The predicted octanol–water partition coefficient (Wildman–Crippen LogP) is 5.40. The Kier molecular flexibility index (Phi) is 8.28. The number of likely N-dealkylation sites (tertiary alicyclic amines) is 1. The van der Waals surface area contributed by atoms with Gasteiger partial charge in [-0.1, -0.05) is 12.1 Å². The van der Waals surface area contributed by atoms with Crippen molar-refractivity contribution in [2.45, 2.75) is 19.6 Å². The van der Waals surface area contributed by atoms with Crippen LogP contribution in [-0.4, -0.2) is 56.6 Å².